The van der Waals surface area contributed by atoms with Crippen molar-refractivity contribution in [2.75, 3.05) is 0 Å². The van der Waals surface area contributed by atoms with E-state index in [4.69, 9.17) is 0 Å². The molecule has 0 aliphatic heterocycles. The van der Waals surface area contributed by atoms with Crippen LogP contribution in [0, 0.1) is 41.5 Å². The predicted octanol–water partition coefficient (Wildman–Crippen LogP) is 35.0. The Morgan fingerprint density at radius 3 is 0.790 bits per heavy atom. The van der Waals surface area contributed by atoms with Crippen molar-refractivity contribution in [2.45, 2.75) is 80.1 Å². The maximum atomic E-state index is 2.44. The van der Waals surface area contributed by atoms with Gasteiger partial charge in [-0.1, -0.05) is 449 Å². The van der Waals surface area contributed by atoms with Gasteiger partial charge in [0, 0.05) is 10.8 Å². The van der Waals surface area contributed by atoms with Crippen molar-refractivity contribution >= 4 is 172 Å². The molecule has 0 nitrogen and oxygen atoms in total. The first-order chi connectivity index (χ1) is 60.4. The Morgan fingerprint density at radius 2 is 0.355 bits per heavy atom. The molecule has 0 aromatic heterocycles. The molecule has 0 radical (unpaired) electrons. The Morgan fingerprint density at radius 1 is 0.129 bits per heavy atom. The topological polar surface area (TPSA) is 0 Å². The SMILES string of the molecule is Cc1ccc2c3ccccc3c3ccccc3c2c1.Cc1ccc2ccc3c(ccc4c5ccccc5ccc43)c2c1.Cc1ccc2ccc3c4c(ccc3c2c1)-c1ccccc1C4(C)C.Cc1ccc2ccc3c4ccccc4ccc3c2c1.Cc1ccc2ccc3cc4c(cc3c2c1)C(C)(C)c1ccccc1-4.Cc1ccc2ccc3ccccc3c2c1. The van der Waals surface area contributed by atoms with Gasteiger partial charge in [0.25, 0.3) is 0 Å². The minimum atomic E-state index is 0.0446. The zero-order valence-electron chi connectivity index (χ0n) is 72.1. The molecule has 24 aromatic carbocycles. The van der Waals surface area contributed by atoms with Gasteiger partial charge in [-0.05, 0) is 271 Å². The Hall–Kier alpha value is -14.6. The standard InChI is InChI=1S/2C24H20.C23H16.2C19H14.C15H12/c1-15-8-9-16-10-11-17-13-21-18-6-4-5-7-22(18)24(2,3)23(21)14-20(17)19(16)12-15;1-15-8-9-16-10-11-19-17(21(16)14-15)12-13-20-18-6-4-5-7-22(18)24(2,3)23(19)20;1-15-6-7-17-9-11-21-20-10-8-16-4-2-3-5-18(16)19(20)12-13-22(21)23(17)14-15;1-13-10-11-18-16-8-3-2-6-14(16)15-7-4-5-9-17(15)19(18)12-13;1-13-6-7-15-9-10-17-16-5-3-2-4-14(16)8-11-18(17)19(15)12-13;1-11-6-7-13-9-8-12-4-2-3-5-14(12)15(13)10-11/h2*4-14H,1-3H3;2-14H,1H3;2*2-12H,1H3;2-10H,1H3. The van der Waals surface area contributed by atoms with Crippen molar-refractivity contribution in [3.05, 3.63) is 456 Å². The van der Waals surface area contributed by atoms with Crippen LogP contribution in [0.25, 0.3) is 195 Å². The van der Waals surface area contributed by atoms with Crippen LogP contribution in [0.4, 0.5) is 0 Å². The summed E-state index contributed by atoms with van der Waals surface area (Å²) < 4.78 is 0. The Kier molecular flexibility index (Phi) is 19.1. The molecule has 0 spiro atoms. The van der Waals surface area contributed by atoms with E-state index in [0.717, 1.165) is 0 Å². The molecule has 0 unspecified atom stereocenters. The highest BCUT2D eigenvalue weighted by molar-refractivity contribution is 6.26. The molecule has 2 aliphatic rings. The van der Waals surface area contributed by atoms with Crippen molar-refractivity contribution in [1.82, 2.24) is 0 Å². The van der Waals surface area contributed by atoms with Gasteiger partial charge in [-0.15, -0.1) is 0 Å². The Balaban J connectivity index is 0.0000000918. The van der Waals surface area contributed by atoms with Crippen molar-refractivity contribution < 1.29 is 0 Å². The lowest BCUT2D eigenvalue weighted by Crippen LogP contribution is -2.15. The normalized spacial score (nSPS) is 12.7. The molecular formula is C124H96. The highest BCUT2D eigenvalue weighted by Crippen LogP contribution is 2.53. The minimum Gasteiger partial charge on any atom is -0.0619 e. The summed E-state index contributed by atoms with van der Waals surface area (Å²) in [5, 5.41) is 42.9. The summed E-state index contributed by atoms with van der Waals surface area (Å²) in [6.07, 6.45) is 0. The molecule has 2 aliphatic carbocycles. The van der Waals surface area contributed by atoms with Crippen LogP contribution in [0.3, 0.4) is 0 Å². The molecule has 124 heavy (non-hydrogen) atoms. The van der Waals surface area contributed by atoms with E-state index in [1.807, 2.05) is 0 Å². The second-order valence-electron chi connectivity index (χ2n) is 35.8. The molecule has 592 valence electrons. The third-order valence-electron chi connectivity index (χ3n) is 27.0. The fourth-order valence-electron chi connectivity index (χ4n) is 20.7. The summed E-state index contributed by atoms with van der Waals surface area (Å²) in [7, 11) is 0. The van der Waals surface area contributed by atoms with Gasteiger partial charge >= 0.3 is 0 Å². The van der Waals surface area contributed by atoms with Crippen molar-refractivity contribution in [1.29, 1.82) is 0 Å². The molecule has 0 N–H and O–H groups in total. The Labute approximate surface area is 725 Å². The number of hydrogen-bond acceptors (Lipinski definition) is 0. The van der Waals surface area contributed by atoms with Crippen LogP contribution in [-0.2, 0) is 10.8 Å². The minimum absolute atomic E-state index is 0.0446. The second-order valence-corrected chi connectivity index (χ2v) is 35.8. The van der Waals surface area contributed by atoms with E-state index in [-0.39, 0.29) is 10.8 Å². The van der Waals surface area contributed by atoms with Crippen LogP contribution in [0.1, 0.15) is 83.3 Å². The molecule has 0 saturated heterocycles. The van der Waals surface area contributed by atoms with Gasteiger partial charge in [-0.2, -0.15) is 0 Å². The lowest BCUT2D eigenvalue weighted by atomic mass is 9.80. The number of hydrogen-bond donors (Lipinski definition) is 0. The lowest BCUT2D eigenvalue weighted by molar-refractivity contribution is 0.661. The van der Waals surface area contributed by atoms with Crippen LogP contribution < -0.4 is 0 Å². The zero-order valence-corrected chi connectivity index (χ0v) is 72.1. The van der Waals surface area contributed by atoms with Crippen LogP contribution >= 0.6 is 0 Å². The summed E-state index contributed by atoms with van der Waals surface area (Å²) in [6, 6.07) is 147. The molecule has 0 heterocycles. The van der Waals surface area contributed by atoms with Crippen LogP contribution in [0.15, 0.2) is 400 Å². The Bertz CT molecular complexity index is 8400. The predicted molar refractivity (Wildman–Crippen MR) is 542 cm³/mol. The third-order valence-corrected chi connectivity index (χ3v) is 27.0. The van der Waals surface area contributed by atoms with E-state index >= 15 is 0 Å². The first-order valence-corrected chi connectivity index (χ1v) is 43.8. The van der Waals surface area contributed by atoms with E-state index in [1.165, 1.54) is 250 Å². The van der Waals surface area contributed by atoms with Crippen molar-refractivity contribution in [3.63, 3.8) is 0 Å². The average molecular weight is 1590 g/mol. The van der Waals surface area contributed by atoms with Gasteiger partial charge in [0.2, 0.25) is 0 Å². The van der Waals surface area contributed by atoms with Crippen LogP contribution in [-0.4, -0.2) is 0 Å². The highest BCUT2D eigenvalue weighted by atomic mass is 14.4. The van der Waals surface area contributed by atoms with E-state index in [2.05, 4.69) is 470 Å². The summed E-state index contributed by atoms with van der Waals surface area (Å²) in [5.41, 5.74) is 19.4. The molecule has 0 saturated carbocycles. The molecule has 24 aromatic rings. The van der Waals surface area contributed by atoms with E-state index in [0.29, 0.717) is 0 Å². The first-order valence-electron chi connectivity index (χ1n) is 43.8. The van der Waals surface area contributed by atoms with E-state index in [9.17, 15) is 0 Å². The molecule has 0 fully saturated rings. The molecule has 0 heteroatoms. The van der Waals surface area contributed by atoms with Gasteiger partial charge in [0.05, 0.1) is 0 Å². The summed E-state index contributed by atoms with van der Waals surface area (Å²) >= 11 is 0. The summed E-state index contributed by atoms with van der Waals surface area (Å²) in [6.45, 7) is 22.4. The zero-order chi connectivity index (χ0) is 84.2. The van der Waals surface area contributed by atoms with Crippen LogP contribution in [0.5, 0.6) is 0 Å². The van der Waals surface area contributed by atoms with Gasteiger partial charge < -0.3 is 0 Å². The number of fused-ring (bicyclic) bond motifs is 34. The van der Waals surface area contributed by atoms with Crippen molar-refractivity contribution in [2.24, 2.45) is 0 Å². The quantitative estimate of drug-likeness (QED) is 0.133. The van der Waals surface area contributed by atoms with Crippen LogP contribution in [0.2, 0.25) is 0 Å². The van der Waals surface area contributed by atoms with Gasteiger partial charge in [-0.25, -0.2) is 0 Å². The number of rotatable bonds is 0. The summed E-state index contributed by atoms with van der Waals surface area (Å²) in [5.74, 6) is 0. The fraction of sp³-hybridized carbons (Fsp3) is 0.0968. The molecule has 0 bridgehead atoms. The maximum Gasteiger partial charge on any atom is 0.0165 e. The number of aryl methyl sites for hydroxylation is 6. The molecule has 0 atom stereocenters. The molecule has 0 amide bonds. The molecular weight excluding hydrogens is 1490 g/mol. The maximum absolute atomic E-state index is 2.44. The lowest BCUT2D eigenvalue weighted by Gasteiger charge is -2.23. The van der Waals surface area contributed by atoms with E-state index < -0.39 is 0 Å². The second kappa shape index (κ2) is 30.8. The number of benzene rings is 24. The van der Waals surface area contributed by atoms with Gasteiger partial charge in [0.15, 0.2) is 0 Å². The largest absolute Gasteiger partial charge is 0.0619 e. The fourth-order valence-corrected chi connectivity index (χ4v) is 20.7. The highest BCUT2D eigenvalue weighted by Gasteiger charge is 2.38. The van der Waals surface area contributed by atoms with E-state index in [1.54, 1.807) is 0 Å². The van der Waals surface area contributed by atoms with Gasteiger partial charge in [0.1, 0.15) is 0 Å². The molecule has 26 rings (SSSR count). The summed E-state index contributed by atoms with van der Waals surface area (Å²) in [4.78, 5) is 0. The average Bonchev–Trinajstić information content (AvgIpc) is 1.54. The monoisotopic (exact) mass is 1580 g/mol. The smallest absolute Gasteiger partial charge is 0.0165 e. The third kappa shape index (κ3) is 13.4. The van der Waals surface area contributed by atoms with Crippen molar-refractivity contribution in [3.8, 4) is 22.3 Å². The van der Waals surface area contributed by atoms with Gasteiger partial charge in [-0.3, -0.25) is 0 Å². The first kappa shape index (κ1) is 76.8.